The van der Waals surface area contributed by atoms with Crippen molar-refractivity contribution in [3.05, 3.63) is 29.8 Å². The number of anilines is 1. The highest BCUT2D eigenvalue weighted by Gasteiger charge is 2.03. The monoisotopic (exact) mass is 233 g/mol. The minimum Gasteiger partial charge on any atom is -0.378 e. The number of carbonyl (C=O) groups is 1. The van der Waals surface area contributed by atoms with Gasteiger partial charge in [-0.25, -0.2) is 5.43 Å². The highest BCUT2D eigenvalue weighted by Crippen LogP contribution is 2.10. The van der Waals surface area contributed by atoms with Gasteiger partial charge in [0.2, 0.25) is 5.91 Å². The van der Waals surface area contributed by atoms with E-state index in [-0.39, 0.29) is 11.8 Å². The molecule has 0 aliphatic heterocycles. The van der Waals surface area contributed by atoms with Crippen LogP contribution in [0.1, 0.15) is 19.4 Å². The summed E-state index contributed by atoms with van der Waals surface area (Å²) in [5.74, 6) is -0.130. The Kier molecular flexibility index (Phi) is 4.69. The summed E-state index contributed by atoms with van der Waals surface area (Å²) in [6.07, 6.45) is 1.64. The largest absolute Gasteiger partial charge is 0.378 e. The average molecular weight is 233 g/mol. The van der Waals surface area contributed by atoms with E-state index in [0.29, 0.717) is 0 Å². The fourth-order valence-electron chi connectivity index (χ4n) is 1.16. The smallest absolute Gasteiger partial charge is 0.242 e. The summed E-state index contributed by atoms with van der Waals surface area (Å²) in [4.78, 5) is 13.3. The van der Waals surface area contributed by atoms with Crippen molar-refractivity contribution >= 4 is 17.8 Å². The molecule has 1 rings (SSSR count). The molecule has 0 saturated heterocycles. The van der Waals surface area contributed by atoms with Crippen LogP contribution < -0.4 is 10.3 Å². The number of rotatable bonds is 4. The second-order valence-corrected chi connectivity index (χ2v) is 4.37. The molecular weight excluding hydrogens is 214 g/mol. The first-order valence-corrected chi connectivity index (χ1v) is 5.61. The number of benzene rings is 1. The summed E-state index contributed by atoms with van der Waals surface area (Å²) in [6, 6.07) is 7.93. The van der Waals surface area contributed by atoms with Crippen molar-refractivity contribution in [2.45, 2.75) is 13.8 Å². The number of hydrazone groups is 1. The molecule has 1 aromatic rings. The zero-order valence-electron chi connectivity index (χ0n) is 10.8. The van der Waals surface area contributed by atoms with Crippen molar-refractivity contribution in [2.24, 2.45) is 11.0 Å². The minimum absolute atomic E-state index is 0.0525. The third-order valence-electron chi connectivity index (χ3n) is 2.32. The van der Waals surface area contributed by atoms with Gasteiger partial charge in [0.05, 0.1) is 6.21 Å². The Bertz CT molecular complexity index is 394. The van der Waals surface area contributed by atoms with E-state index in [4.69, 9.17) is 0 Å². The molecule has 92 valence electrons. The normalized spacial score (nSPS) is 10.9. The Morgan fingerprint density at radius 1 is 1.29 bits per heavy atom. The molecule has 0 bridgehead atoms. The fraction of sp³-hybridized carbons (Fsp3) is 0.385. The first kappa shape index (κ1) is 13.2. The van der Waals surface area contributed by atoms with Crippen LogP contribution in [0.3, 0.4) is 0 Å². The van der Waals surface area contributed by atoms with Crippen LogP contribution in [-0.4, -0.2) is 26.2 Å². The predicted molar refractivity (Wildman–Crippen MR) is 71.3 cm³/mol. The molecule has 0 saturated carbocycles. The van der Waals surface area contributed by atoms with Crippen molar-refractivity contribution in [3.8, 4) is 0 Å². The van der Waals surface area contributed by atoms with E-state index in [9.17, 15) is 4.79 Å². The number of hydrogen-bond donors (Lipinski definition) is 1. The second-order valence-electron chi connectivity index (χ2n) is 4.37. The van der Waals surface area contributed by atoms with E-state index >= 15 is 0 Å². The SMILES string of the molecule is CC(C)C(=O)N/N=C\c1ccc(N(C)C)cc1. The Hall–Kier alpha value is -1.84. The maximum absolute atomic E-state index is 11.2. The Morgan fingerprint density at radius 2 is 1.88 bits per heavy atom. The standard InChI is InChI=1S/C13H19N3O/c1-10(2)13(17)15-14-9-11-5-7-12(8-6-11)16(3)4/h5-10H,1-4H3,(H,15,17)/b14-9-. The van der Waals surface area contributed by atoms with Crippen LogP contribution in [0.15, 0.2) is 29.4 Å². The van der Waals surface area contributed by atoms with Crippen molar-refractivity contribution in [2.75, 3.05) is 19.0 Å². The van der Waals surface area contributed by atoms with Crippen LogP contribution in [0.25, 0.3) is 0 Å². The Morgan fingerprint density at radius 3 is 2.35 bits per heavy atom. The van der Waals surface area contributed by atoms with Crippen LogP contribution in [0.2, 0.25) is 0 Å². The number of nitrogens with one attached hydrogen (secondary N) is 1. The van der Waals surface area contributed by atoms with Gasteiger partial charge in [-0.1, -0.05) is 26.0 Å². The van der Waals surface area contributed by atoms with Crippen molar-refractivity contribution in [1.29, 1.82) is 0 Å². The molecule has 0 radical (unpaired) electrons. The van der Waals surface area contributed by atoms with Gasteiger partial charge in [-0.15, -0.1) is 0 Å². The molecule has 0 aromatic heterocycles. The molecule has 0 heterocycles. The van der Waals surface area contributed by atoms with Crippen molar-refractivity contribution < 1.29 is 4.79 Å². The summed E-state index contributed by atoms with van der Waals surface area (Å²) >= 11 is 0. The lowest BCUT2D eigenvalue weighted by atomic mass is 10.2. The summed E-state index contributed by atoms with van der Waals surface area (Å²) in [5.41, 5.74) is 4.58. The van der Waals surface area contributed by atoms with Gasteiger partial charge in [0.15, 0.2) is 0 Å². The van der Waals surface area contributed by atoms with Crippen LogP contribution in [0.4, 0.5) is 5.69 Å². The molecule has 1 amide bonds. The van der Waals surface area contributed by atoms with Gasteiger partial charge >= 0.3 is 0 Å². The molecule has 0 spiro atoms. The van der Waals surface area contributed by atoms with E-state index in [1.165, 1.54) is 0 Å². The highest BCUT2D eigenvalue weighted by atomic mass is 16.2. The minimum atomic E-state index is -0.0776. The molecule has 4 heteroatoms. The molecule has 1 N–H and O–H groups in total. The quantitative estimate of drug-likeness (QED) is 0.637. The van der Waals surface area contributed by atoms with Crippen LogP contribution in [0, 0.1) is 5.92 Å². The molecular formula is C13H19N3O. The lowest BCUT2D eigenvalue weighted by molar-refractivity contribution is -0.123. The van der Waals surface area contributed by atoms with Gasteiger partial charge in [-0.3, -0.25) is 4.79 Å². The fourth-order valence-corrected chi connectivity index (χ4v) is 1.16. The van der Waals surface area contributed by atoms with Crippen molar-refractivity contribution in [3.63, 3.8) is 0 Å². The third kappa shape index (κ3) is 4.26. The second kappa shape index (κ2) is 6.03. The highest BCUT2D eigenvalue weighted by molar-refractivity contribution is 5.83. The van der Waals surface area contributed by atoms with Gasteiger partial charge in [0.25, 0.3) is 0 Å². The summed E-state index contributed by atoms with van der Waals surface area (Å²) in [6.45, 7) is 3.66. The molecule has 0 unspecified atom stereocenters. The third-order valence-corrected chi connectivity index (χ3v) is 2.32. The van der Waals surface area contributed by atoms with E-state index < -0.39 is 0 Å². The first-order chi connectivity index (χ1) is 8.00. The molecule has 4 nitrogen and oxygen atoms in total. The zero-order chi connectivity index (χ0) is 12.8. The van der Waals surface area contributed by atoms with E-state index in [1.807, 2.05) is 57.1 Å². The molecule has 0 aliphatic carbocycles. The lowest BCUT2D eigenvalue weighted by Crippen LogP contribution is -2.22. The number of carbonyl (C=O) groups excluding carboxylic acids is 1. The van der Waals surface area contributed by atoms with Crippen LogP contribution >= 0.6 is 0 Å². The van der Waals surface area contributed by atoms with Crippen molar-refractivity contribution in [1.82, 2.24) is 5.43 Å². The van der Waals surface area contributed by atoms with E-state index in [0.717, 1.165) is 11.3 Å². The Labute approximate surface area is 102 Å². The summed E-state index contributed by atoms with van der Waals surface area (Å²) in [7, 11) is 3.98. The van der Waals surface area contributed by atoms with Gasteiger partial charge in [0.1, 0.15) is 0 Å². The van der Waals surface area contributed by atoms with Gasteiger partial charge in [-0.05, 0) is 17.7 Å². The number of amides is 1. The zero-order valence-corrected chi connectivity index (χ0v) is 10.8. The summed E-state index contributed by atoms with van der Waals surface area (Å²) in [5, 5.41) is 3.90. The number of hydrogen-bond acceptors (Lipinski definition) is 3. The maximum Gasteiger partial charge on any atom is 0.242 e. The van der Waals surface area contributed by atoms with Gasteiger partial charge in [-0.2, -0.15) is 5.10 Å². The van der Waals surface area contributed by atoms with E-state index in [2.05, 4.69) is 10.5 Å². The molecule has 1 aromatic carbocycles. The molecule has 0 atom stereocenters. The molecule has 17 heavy (non-hydrogen) atoms. The van der Waals surface area contributed by atoms with Crippen LogP contribution in [-0.2, 0) is 4.79 Å². The van der Waals surface area contributed by atoms with Crippen LogP contribution in [0.5, 0.6) is 0 Å². The maximum atomic E-state index is 11.2. The van der Waals surface area contributed by atoms with E-state index in [1.54, 1.807) is 6.21 Å². The molecule has 0 aliphatic rings. The van der Waals surface area contributed by atoms with Gasteiger partial charge < -0.3 is 4.90 Å². The predicted octanol–water partition coefficient (Wildman–Crippen LogP) is 1.86. The molecule has 0 fully saturated rings. The summed E-state index contributed by atoms with van der Waals surface area (Å²) < 4.78 is 0. The number of nitrogens with zero attached hydrogens (tertiary/aromatic N) is 2. The first-order valence-electron chi connectivity index (χ1n) is 5.61. The Balaban J connectivity index is 2.57. The topological polar surface area (TPSA) is 44.7 Å². The lowest BCUT2D eigenvalue weighted by Gasteiger charge is -2.11. The van der Waals surface area contributed by atoms with Gasteiger partial charge in [0, 0.05) is 25.7 Å². The average Bonchev–Trinajstić information content (AvgIpc) is 2.29.